The number of fused-ring (bicyclic) bond motifs is 1. The highest BCUT2D eigenvalue weighted by atomic mass is 32.2. The normalized spacial score (nSPS) is 11.2. The van der Waals surface area contributed by atoms with Crippen molar-refractivity contribution in [1.82, 2.24) is 20.1 Å². The van der Waals surface area contributed by atoms with Crippen molar-refractivity contribution in [2.75, 3.05) is 12.3 Å². The van der Waals surface area contributed by atoms with Gasteiger partial charge in [-0.05, 0) is 31.9 Å². The number of aromatic nitrogens is 3. The molecule has 1 amide bonds. The van der Waals surface area contributed by atoms with E-state index in [9.17, 15) is 4.79 Å². The van der Waals surface area contributed by atoms with Crippen molar-refractivity contribution in [3.8, 4) is 0 Å². The lowest BCUT2D eigenvalue weighted by Gasteiger charge is -2.03. The number of carbonyl (C=O) groups excluding carboxylic acids is 1. The number of carbonyl (C=O) groups is 1. The Balaban J connectivity index is 1.67. The number of nitrogens with zero attached hydrogens (tertiary/aromatic N) is 3. The molecule has 0 spiro atoms. The van der Waals surface area contributed by atoms with Crippen molar-refractivity contribution in [3.63, 3.8) is 0 Å². The largest absolute Gasteiger partial charge is 0.450 e. The maximum absolute atomic E-state index is 12.4. The van der Waals surface area contributed by atoms with Gasteiger partial charge in [0.2, 0.25) is 0 Å². The first-order chi connectivity index (χ1) is 11.5. The van der Waals surface area contributed by atoms with Gasteiger partial charge in [0.25, 0.3) is 5.91 Å². The Kier molecular flexibility index (Phi) is 4.62. The highest BCUT2D eigenvalue weighted by Crippen LogP contribution is 2.29. The average Bonchev–Trinajstić information content (AvgIpc) is 3.11. The number of hydrogen-bond acceptors (Lipinski definition) is 5. The van der Waals surface area contributed by atoms with E-state index in [4.69, 9.17) is 4.42 Å². The van der Waals surface area contributed by atoms with E-state index in [1.807, 2.05) is 38.5 Å². The molecule has 2 heterocycles. The predicted molar refractivity (Wildman–Crippen MR) is 94.5 cm³/mol. The molecule has 3 aromatic rings. The second-order valence-electron chi connectivity index (χ2n) is 5.77. The van der Waals surface area contributed by atoms with Crippen LogP contribution in [0.1, 0.15) is 27.2 Å². The first-order valence-electron chi connectivity index (χ1n) is 7.73. The molecule has 0 atom stereocenters. The van der Waals surface area contributed by atoms with E-state index in [1.165, 1.54) is 0 Å². The lowest BCUT2D eigenvalue weighted by atomic mass is 10.0. The molecule has 0 bridgehead atoms. The molecule has 126 valence electrons. The van der Waals surface area contributed by atoms with Gasteiger partial charge in [0, 0.05) is 30.3 Å². The van der Waals surface area contributed by atoms with Crippen molar-refractivity contribution in [2.24, 2.45) is 7.05 Å². The van der Waals surface area contributed by atoms with Gasteiger partial charge < -0.3 is 14.3 Å². The summed E-state index contributed by atoms with van der Waals surface area (Å²) in [6.07, 6.45) is 1.66. The smallest absolute Gasteiger partial charge is 0.287 e. The standard InChI is InChI=1S/C17H20N4O2S/c1-10-5-6-13-12(3)15(23-14(13)11(10)2)16(22)18-7-8-24-17-20-19-9-21(17)4/h5-6,9H,7-8H2,1-4H3,(H,18,22). The van der Waals surface area contributed by atoms with Crippen molar-refractivity contribution >= 4 is 28.6 Å². The quantitative estimate of drug-likeness (QED) is 0.569. The molecule has 0 radical (unpaired) electrons. The zero-order chi connectivity index (χ0) is 17.3. The topological polar surface area (TPSA) is 73.0 Å². The SMILES string of the molecule is Cc1ccc2c(C)c(C(=O)NCCSc3nncn3C)oc2c1C. The molecule has 1 N–H and O–H groups in total. The third-order valence-corrected chi connectivity index (χ3v) is 5.16. The molecule has 0 aliphatic heterocycles. The van der Waals surface area contributed by atoms with Gasteiger partial charge in [-0.1, -0.05) is 23.9 Å². The lowest BCUT2D eigenvalue weighted by Crippen LogP contribution is -2.26. The minimum absolute atomic E-state index is 0.181. The lowest BCUT2D eigenvalue weighted by molar-refractivity contribution is 0.0930. The number of nitrogens with one attached hydrogen (secondary N) is 1. The maximum Gasteiger partial charge on any atom is 0.287 e. The molecule has 3 rings (SSSR count). The van der Waals surface area contributed by atoms with Crippen LogP contribution < -0.4 is 5.32 Å². The van der Waals surface area contributed by atoms with Gasteiger partial charge in [-0.2, -0.15) is 0 Å². The monoisotopic (exact) mass is 344 g/mol. The van der Waals surface area contributed by atoms with Gasteiger partial charge >= 0.3 is 0 Å². The highest BCUT2D eigenvalue weighted by molar-refractivity contribution is 7.99. The van der Waals surface area contributed by atoms with E-state index >= 15 is 0 Å². The zero-order valence-electron chi connectivity index (χ0n) is 14.2. The van der Waals surface area contributed by atoms with Crippen molar-refractivity contribution in [2.45, 2.75) is 25.9 Å². The molecule has 0 saturated heterocycles. The Morgan fingerprint density at radius 3 is 2.79 bits per heavy atom. The van der Waals surface area contributed by atoms with Crippen LogP contribution in [0.5, 0.6) is 0 Å². The summed E-state index contributed by atoms with van der Waals surface area (Å²) < 4.78 is 7.70. The van der Waals surface area contributed by atoms with Gasteiger partial charge in [-0.25, -0.2) is 0 Å². The number of hydrogen-bond donors (Lipinski definition) is 1. The van der Waals surface area contributed by atoms with Crippen LogP contribution >= 0.6 is 11.8 Å². The summed E-state index contributed by atoms with van der Waals surface area (Å²) in [6.45, 7) is 6.50. The number of thioether (sulfide) groups is 1. The summed E-state index contributed by atoms with van der Waals surface area (Å²) in [5, 5.41) is 12.6. The Labute approximate surface area is 144 Å². The molecular weight excluding hydrogens is 324 g/mol. The van der Waals surface area contributed by atoms with Crippen LogP contribution in [-0.2, 0) is 7.05 Å². The molecule has 0 aliphatic carbocycles. The minimum atomic E-state index is -0.181. The number of aryl methyl sites for hydroxylation is 4. The molecule has 6 nitrogen and oxygen atoms in total. The van der Waals surface area contributed by atoms with Gasteiger partial charge in [0.15, 0.2) is 10.9 Å². The van der Waals surface area contributed by atoms with Crippen LogP contribution in [0.15, 0.2) is 28.0 Å². The molecule has 24 heavy (non-hydrogen) atoms. The van der Waals surface area contributed by atoms with Gasteiger partial charge in [0.05, 0.1) is 0 Å². The van der Waals surface area contributed by atoms with Gasteiger partial charge in [-0.3, -0.25) is 4.79 Å². The first kappa shape index (κ1) is 16.6. The fraction of sp³-hybridized carbons (Fsp3) is 0.353. The van der Waals surface area contributed by atoms with Crippen molar-refractivity contribution in [3.05, 3.63) is 40.9 Å². The Morgan fingerprint density at radius 2 is 2.08 bits per heavy atom. The first-order valence-corrected chi connectivity index (χ1v) is 8.72. The Morgan fingerprint density at radius 1 is 1.29 bits per heavy atom. The maximum atomic E-state index is 12.4. The van der Waals surface area contributed by atoms with Crippen LogP contribution in [0.4, 0.5) is 0 Å². The molecule has 0 fully saturated rings. The number of furan rings is 1. The van der Waals surface area contributed by atoms with E-state index in [2.05, 4.69) is 21.6 Å². The summed E-state index contributed by atoms with van der Waals surface area (Å²) >= 11 is 1.55. The zero-order valence-corrected chi connectivity index (χ0v) is 15.0. The number of benzene rings is 1. The average molecular weight is 344 g/mol. The van der Waals surface area contributed by atoms with E-state index in [0.29, 0.717) is 12.3 Å². The second kappa shape index (κ2) is 6.68. The van der Waals surface area contributed by atoms with E-state index in [1.54, 1.807) is 18.1 Å². The second-order valence-corrected chi connectivity index (χ2v) is 6.83. The van der Waals surface area contributed by atoms with E-state index < -0.39 is 0 Å². The summed E-state index contributed by atoms with van der Waals surface area (Å²) in [7, 11) is 1.89. The summed E-state index contributed by atoms with van der Waals surface area (Å²) in [6, 6.07) is 4.07. The van der Waals surface area contributed by atoms with E-state index in [0.717, 1.165) is 38.6 Å². The summed E-state index contributed by atoms with van der Waals surface area (Å²) in [5.74, 6) is 0.928. The molecule has 0 aliphatic rings. The fourth-order valence-electron chi connectivity index (χ4n) is 2.52. The third kappa shape index (κ3) is 3.03. The molecule has 0 saturated carbocycles. The van der Waals surface area contributed by atoms with Crippen LogP contribution in [-0.4, -0.2) is 33.0 Å². The molecule has 1 aromatic carbocycles. The van der Waals surface area contributed by atoms with Gasteiger partial charge in [-0.15, -0.1) is 10.2 Å². The highest BCUT2D eigenvalue weighted by Gasteiger charge is 2.18. The van der Waals surface area contributed by atoms with Crippen LogP contribution in [0.3, 0.4) is 0 Å². The number of rotatable bonds is 5. The minimum Gasteiger partial charge on any atom is -0.450 e. The van der Waals surface area contributed by atoms with Crippen LogP contribution in [0.25, 0.3) is 11.0 Å². The predicted octanol–water partition coefficient (Wildman–Crippen LogP) is 3.01. The van der Waals surface area contributed by atoms with Crippen LogP contribution in [0, 0.1) is 20.8 Å². The fourth-order valence-corrected chi connectivity index (χ4v) is 3.27. The summed E-state index contributed by atoms with van der Waals surface area (Å²) in [5.41, 5.74) is 3.91. The van der Waals surface area contributed by atoms with Crippen molar-refractivity contribution < 1.29 is 9.21 Å². The molecule has 0 unspecified atom stereocenters. The number of amides is 1. The third-order valence-electron chi connectivity index (χ3n) is 4.12. The van der Waals surface area contributed by atoms with Crippen molar-refractivity contribution in [1.29, 1.82) is 0 Å². The molecule has 7 heteroatoms. The molecule has 2 aromatic heterocycles. The summed E-state index contributed by atoms with van der Waals surface area (Å²) in [4.78, 5) is 12.4. The van der Waals surface area contributed by atoms with Crippen LogP contribution in [0.2, 0.25) is 0 Å². The van der Waals surface area contributed by atoms with Gasteiger partial charge in [0.1, 0.15) is 11.9 Å². The molecular formula is C17H20N4O2S. The Bertz CT molecular complexity index is 898. The Hall–Kier alpha value is -2.28. The van der Waals surface area contributed by atoms with E-state index in [-0.39, 0.29) is 5.91 Å².